The fourth-order valence-corrected chi connectivity index (χ4v) is 6.14. The Hall–Kier alpha value is -2.45. The number of nitrogens with zero attached hydrogens (tertiary/aromatic N) is 3. The van der Waals surface area contributed by atoms with Gasteiger partial charge in [0.05, 0.1) is 0 Å². The number of benzene rings is 2. The monoisotopic (exact) mass is 473 g/mol. The van der Waals surface area contributed by atoms with E-state index in [0.717, 1.165) is 30.2 Å². The van der Waals surface area contributed by atoms with Gasteiger partial charge in [-0.2, -0.15) is 5.10 Å². The van der Waals surface area contributed by atoms with Crippen LogP contribution >= 0.6 is 11.8 Å². The third kappa shape index (κ3) is 4.51. The normalized spacial score (nSPS) is 20.2. The van der Waals surface area contributed by atoms with E-state index in [1.165, 1.54) is 17.3 Å². The first-order valence-electron chi connectivity index (χ1n) is 11.5. The first-order valence-corrected chi connectivity index (χ1v) is 12.3. The highest BCUT2D eigenvalue weighted by atomic mass is 32.2. The Kier molecular flexibility index (Phi) is 7.05. The minimum Gasteiger partial charge on any atom is -0.372 e. The number of thioether (sulfide) groups is 1. The van der Waals surface area contributed by atoms with Gasteiger partial charge in [0.1, 0.15) is 27.8 Å². The zero-order valence-corrected chi connectivity index (χ0v) is 19.7. The van der Waals surface area contributed by atoms with Gasteiger partial charge in [-0.05, 0) is 61.9 Å². The van der Waals surface area contributed by atoms with Crippen LogP contribution in [0.3, 0.4) is 0 Å². The zero-order valence-electron chi connectivity index (χ0n) is 18.9. The molecule has 33 heavy (non-hydrogen) atoms. The molecule has 0 bridgehead atoms. The summed E-state index contributed by atoms with van der Waals surface area (Å²) in [6, 6.07) is 11.4. The van der Waals surface area contributed by atoms with E-state index < -0.39 is 22.7 Å². The van der Waals surface area contributed by atoms with Gasteiger partial charge in [0.15, 0.2) is 0 Å². The number of hydrogen-bond donors (Lipinski definition) is 1. The van der Waals surface area contributed by atoms with Crippen molar-refractivity contribution in [2.45, 2.75) is 57.1 Å². The summed E-state index contributed by atoms with van der Waals surface area (Å²) in [6.45, 7) is 4.96. The Morgan fingerprint density at radius 2 is 2.06 bits per heavy atom. The molecule has 2 aromatic rings. The largest absolute Gasteiger partial charge is 0.372 e. The first kappa shape index (κ1) is 23.7. The molecule has 8 heteroatoms. The molecule has 5 nitrogen and oxygen atoms in total. The Balaban J connectivity index is 1.61. The maximum atomic E-state index is 14.6. The summed E-state index contributed by atoms with van der Waals surface area (Å²) in [5.41, 5.74) is 2.31. The lowest BCUT2D eigenvalue weighted by atomic mass is 10.1. The number of fused-ring (bicyclic) bond motifs is 2. The van der Waals surface area contributed by atoms with Crippen molar-refractivity contribution in [3.05, 3.63) is 70.8 Å². The standard InChI is InChI=1S/C25H29F2N3O2S/c1-3-22(31)29(4-2)15-7-10-23(32)30-25(14-13-17-8-5-6-9-20(17)25)33-24(28-30)19-16-18(26)11-12-21(19)27/h5-6,8-9,11-12,16,23,32H,3-4,7,10,13-15H2,1-2H3. The molecule has 2 aromatic carbocycles. The van der Waals surface area contributed by atoms with Gasteiger partial charge in [-0.15, -0.1) is 0 Å². The van der Waals surface area contributed by atoms with Crippen molar-refractivity contribution in [3.63, 3.8) is 0 Å². The zero-order chi connectivity index (χ0) is 23.6. The summed E-state index contributed by atoms with van der Waals surface area (Å²) in [5, 5.41) is 17.9. The number of carbonyl (C=O) groups excluding carboxylic acids is 1. The molecule has 0 radical (unpaired) electrons. The van der Waals surface area contributed by atoms with Crippen LogP contribution in [0.1, 0.15) is 56.2 Å². The van der Waals surface area contributed by atoms with E-state index in [2.05, 4.69) is 11.2 Å². The quantitative estimate of drug-likeness (QED) is 0.597. The number of amides is 1. The third-order valence-electron chi connectivity index (χ3n) is 6.37. The molecule has 176 valence electrons. The number of hydrogen-bond acceptors (Lipinski definition) is 5. The van der Waals surface area contributed by atoms with E-state index in [4.69, 9.17) is 0 Å². The van der Waals surface area contributed by atoms with Crippen molar-refractivity contribution in [1.82, 2.24) is 9.91 Å². The molecule has 4 rings (SSSR count). The average molecular weight is 474 g/mol. The minimum atomic E-state index is -0.923. The minimum absolute atomic E-state index is 0.0896. The molecular weight excluding hydrogens is 444 g/mol. The van der Waals surface area contributed by atoms with Crippen LogP contribution in [0.15, 0.2) is 47.6 Å². The van der Waals surface area contributed by atoms with Crippen molar-refractivity contribution < 1.29 is 18.7 Å². The fourth-order valence-electron chi connectivity index (χ4n) is 4.66. The molecule has 1 aliphatic heterocycles. The summed E-state index contributed by atoms with van der Waals surface area (Å²) in [4.78, 5) is 13.1. The van der Waals surface area contributed by atoms with Crippen LogP contribution in [0, 0.1) is 11.6 Å². The van der Waals surface area contributed by atoms with Gasteiger partial charge in [0.25, 0.3) is 0 Å². The maximum Gasteiger partial charge on any atom is 0.222 e. The van der Waals surface area contributed by atoms with E-state index in [0.29, 0.717) is 43.8 Å². The van der Waals surface area contributed by atoms with Crippen LogP contribution < -0.4 is 0 Å². The summed E-state index contributed by atoms with van der Waals surface area (Å²) < 4.78 is 28.5. The molecule has 2 atom stereocenters. The summed E-state index contributed by atoms with van der Waals surface area (Å²) >= 11 is 1.37. The number of hydrazone groups is 1. The van der Waals surface area contributed by atoms with Crippen molar-refractivity contribution in [3.8, 4) is 0 Å². The lowest BCUT2D eigenvalue weighted by Crippen LogP contribution is -2.43. The van der Waals surface area contributed by atoms with Gasteiger partial charge >= 0.3 is 0 Å². The molecule has 1 aliphatic carbocycles. The number of carbonyl (C=O) groups is 1. The van der Waals surface area contributed by atoms with Gasteiger partial charge in [0.2, 0.25) is 5.91 Å². The SMILES string of the molecule is CCC(=O)N(CC)CCCC(O)N1N=C(c2cc(F)ccc2F)SC12CCc1ccccc12. The molecule has 0 saturated heterocycles. The van der Waals surface area contributed by atoms with E-state index in [1.807, 2.05) is 32.0 Å². The van der Waals surface area contributed by atoms with E-state index in [-0.39, 0.29) is 11.5 Å². The van der Waals surface area contributed by atoms with E-state index in [1.54, 1.807) is 9.91 Å². The second-order valence-electron chi connectivity index (χ2n) is 8.37. The summed E-state index contributed by atoms with van der Waals surface area (Å²) in [6.07, 6.45) is 2.06. The molecule has 0 aromatic heterocycles. The highest BCUT2D eigenvalue weighted by Crippen LogP contribution is 2.55. The lowest BCUT2D eigenvalue weighted by molar-refractivity contribution is -0.131. The Labute approximate surface area is 197 Å². The number of aryl methyl sites for hydroxylation is 1. The highest BCUT2D eigenvalue weighted by molar-refractivity contribution is 8.15. The first-order chi connectivity index (χ1) is 15.9. The maximum absolute atomic E-state index is 14.6. The van der Waals surface area contributed by atoms with Crippen LogP contribution in [-0.4, -0.2) is 45.3 Å². The van der Waals surface area contributed by atoms with E-state index in [9.17, 15) is 18.7 Å². The molecule has 2 aliphatic rings. The summed E-state index contributed by atoms with van der Waals surface area (Å²) in [5.74, 6) is -0.987. The molecule has 1 amide bonds. The number of rotatable bonds is 8. The van der Waals surface area contributed by atoms with Gasteiger partial charge in [-0.25, -0.2) is 13.8 Å². The number of aliphatic hydroxyl groups excluding tert-OH is 1. The smallest absolute Gasteiger partial charge is 0.222 e. The van der Waals surface area contributed by atoms with Gasteiger partial charge in [0, 0.05) is 25.1 Å². The predicted octanol–water partition coefficient (Wildman–Crippen LogP) is 4.83. The molecule has 1 spiro atoms. The second-order valence-corrected chi connectivity index (χ2v) is 9.63. The lowest BCUT2D eigenvalue weighted by Gasteiger charge is -2.37. The molecule has 1 heterocycles. The van der Waals surface area contributed by atoms with Crippen molar-refractivity contribution in [1.29, 1.82) is 0 Å². The fraction of sp³-hybridized carbons (Fsp3) is 0.440. The summed E-state index contributed by atoms with van der Waals surface area (Å²) in [7, 11) is 0. The molecule has 0 fully saturated rings. The van der Waals surface area contributed by atoms with Crippen LogP contribution in [0.4, 0.5) is 8.78 Å². The number of halogens is 2. The highest BCUT2D eigenvalue weighted by Gasteiger charge is 2.51. The number of aliphatic hydroxyl groups is 1. The van der Waals surface area contributed by atoms with E-state index >= 15 is 0 Å². The van der Waals surface area contributed by atoms with Gasteiger partial charge in [-0.1, -0.05) is 43.0 Å². The average Bonchev–Trinajstić information content (AvgIpc) is 3.40. The van der Waals surface area contributed by atoms with Crippen molar-refractivity contribution >= 4 is 22.7 Å². The molecule has 0 saturated carbocycles. The molecule has 2 unspecified atom stereocenters. The van der Waals surface area contributed by atoms with Crippen LogP contribution in [0.25, 0.3) is 0 Å². The predicted molar refractivity (Wildman–Crippen MR) is 127 cm³/mol. The second kappa shape index (κ2) is 9.81. The topological polar surface area (TPSA) is 56.1 Å². The van der Waals surface area contributed by atoms with Gasteiger partial charge < -0.3 is 10.0 Å². The molecular formula is C25H29F2N3O2S. The Morgan fingerprint density at radius 3 is 2.82 bits per heavy atom. The Bertz CT molecular complexity index is 1060. The van der Waals surface area contributed by atoms with Gasteiger partial charge in [-0.3, -0.25) is 4.79 Å². The van der Waals surface area contributed by atoms with Crippen LogP contribution in [0.2, 0.25) is 0 Å². The Morgan fingerprint density at radius 1 is 1.27 bits per heavy atom. The van der Waals surface area contributed by atoms with Crippen LogP contribution in [-0.2, 0) is 16.1 Å². The van der Waals surface area contributed by atoms with Crippen molar-refractivity contribution in [2.75, 3.05) is 13.1 Å². The molecule has 1 N–H and O–H groups in total. The van der Waals surface area contributed by atoms with Crippen molar-refractivity contribution in [2.24, 2.45) is 5.10 Å². The third-order valence-corrected chi connectivity index (χ3v) is 7.82. The van der Waals surface area contributed by atoms with Crippen LogP contribution in [0.5, 0.6) is 0 Å².